The molecule has 23 heavy (non-hydrogen) atoms. The second-order valence-electron chi connectivity index (χ2n) is 5.44. The van der Waals surface area contributed by atoms with Crippen molar-refractivity contribution < 1.29 is 4.74 Å². The molecule has 1 heterocycles. The highest BCUT2D eigenvalue weighted by Crippen LogP contribution is 2.43. The summed E-state index contributed by atoms with van der Waals surface area (Å²) in [6, 6.07) is 10.1. The van der Waals surface area contributed by atoms with Crippen LogP contribution in [0.5, 0.6) is 0 Å². The molecule has 0 aliphatic heterocycles. The largest absolute Gasteiger partial charge is 0.377 e. The normalized spacial score (nSPS) is 12.7. The summed E-state index contributed by atoms with van der Waals surface area (Å²) in [5, 5.41) is 0.739. The van der Waals surface area contributed by atoms with Crippen LogP contribution in [0.2, 0.25) is 5.02 Å². The van der Waals surface area contributed by atoms with Crippen molar-refractivity contribution in [3.8, 4) is 11.1 Å². The Balaban J connectivity index is 2.38. The van der Waals surface area contributed by atoms with Crippen molar-refractivity contribution in [2.24, 2.45) is 0 Å². The minimum atomic E-state index is 0.0611. The Hall–Kier alpha value is -0.940. The molecule has 120 valence electrons. The van der Waals surface area contributed by atoms with Crippen molar-refractivity contribution in [1.82, 2.24) is 4.98 Å². The van der Waals surface area contributed by atoms with Gasteiger partial charge in [0.05, 0.1) is 16.3 Å². The van der Waals surface area contributed by atoms with Gasteiger partial charge < -0.3 is 4.74 Å². The van der Waals surface area contributed by atoms with Crippen molar-refractivity contribution in [3.05, 3.63) is 50.4 Å². The Morgan fingerprint density at radius 2 is 2.00 bits per heavy atom. The molecule has 1 unspecified atom stereocenters. The molecule has 0 bridgehead atoms. The SMILES string of the molecule is CCC(OC)c1c(C)cc2nc(Br)sc2c1-c1ccc(Cl)cc1. The number of thiazole rings is 1. The molecular formula is C18H17BrClNOS. The monoisotopic (exact) mass is 409 g/mol. The van der Waals surface area contributed by atoms with Crippen LogP contribution in [0.15, 0.2) is 34.2 Å². The van der Waals surface area contributed by atoms with Gasteiger partial charge in [-0.25, -0.2) is 4.98 Å². The maximum absolute atomic E-state index is 6.07. The lowest BCUT2D eigenvalue weighted by molar-refractivity contribution is 0.100. The molecule has 1 aromatic heterocycles. The molecule has 0 fully saturated rings. The van der Waals surface area contributed by atoms with E-state index in [2.05, 4.69) is 53.0 Å². The van der Waals surface area contributed by atoms with E-state index in [0.29, 0.717) is 0 Å². The first-order valence-electron chi connectivity index (χ1n) is 7.43. The first-order chi connectivity index (χ1) is 11.0. The first-order valence-corrected chi connectivity index (χ1v) is 9.42. The Labute approximate surface area is 153 Å². The maximum Gasteiger partial charge on any atom is 0.160 e. The van der Waals surface area contributed by atoms with E-state index in [1.54, 1.807) is 18.4 Å². The number of ether oxygens (including phenoxy) is 1. The highest BCUT2D eigenvalue weighted by molar-refractivity contribution is 9.11. The summed E-state index contributed by atoms with van der Waals surface area (Å²) < 4.78 is 7.82. The minimum absolute atomic E-state index is 0.0611. The Kier molecular flexibility index (Phi) is 5.07. The van der Waals surface area contributed by atoms with Gasteiger partial charge in [-0.15, -0.1) is 11.3 Å². The van der Waals surface area contributed by atoms with Crippen molar-refractivity contribution >= 4 is 49.1 Å². The number of rotatable bonds is 4. The van der Waals surface area contributed by atoms with Crippen LogP contribution in [0, 0.1) is 6.92 Å². The van der Waals surface area contributed by atoms with Crippen LogP contribution in [-0.4, -0.2) is 12.1 Å². The number of aromatic nitrogens is 1. The molecular weight excluding hydrogens is 394 g/mol. The summed E-state index contributed by atoms with van der Waals surface area (Å²) in [4.78, 5) is 4.60. The van der Waals surface area contributed by atoms with Crippen LogP contribution in [0.25, 0.3) is 21.3 Å². The second-order valence-corrected chi connectivity index (χ2v) is 8.15. The predicted octanol–water partition coefficient (Wildman–Crippen LogP) is 6.79. The van der Waals surface area contributed by atoms with E-state index < -0.39 is 0 Å². The Morgan fingerprint density at radius 1 is 1.30 bits per heavy atom. The lowest BCUT2D eigenvalue weighted by Crippen LogP contribution is -2.05. The van der Waals surface area contributed by atoms with Gasteiger partial charge in [0.1, 0.15) is 0 Å². The van der Waals surface area contributed by atoms with Gasteiger partial charge in [0.2, 0.25) is 0 Å². The zero-order chi connectivity index (χ0) is 16.6. The average Bonchev–Trinajstić information content (AvgIpc) is 2.89. The van der Waals surface area contributed by atoms with E-state index in [-0.39, 0.29) is 6.10 Å². The smallest absolute Gasteiger partial charge is 0.160 e. The van der Waals surface area contributed by atoms with E-state index in [1.165, 1.54) is 21.4 Å². The van der Waals surface area contributed by atoms with Crippen LogP contribution >= 0.6 is 38.9 Å². The van der Waals surface area contributed by atoms with Crippen LogP contribution in [-0.2, 0) is 4.74 Å². The molecule has 0 N–H and O–H groups in total. The third kappa shape index (κ3) is 3.18. The lowest BCUT2D eigenvalue weighted by Gasteiger charge is -2.21. The van der Waals surface area contributed by atoms with E-state index >= 15 is 0 Å². The lowest BCUT2D eigenvalue weighted by atomic mass is 9.91. The van der Waals surface area contributed by atoms with Gasteiger partial charge in [0, 0.05) is 17.7 Å². The van der Waals surface area contributed by atoms with Crippen LogP contribution in [0.3, 0.4) is 0 Å². The fourth-order valence-electron chi connectivity index (χ4n) is 2.99. The van der Waals surface area contributed by atoms with Crippen molar-refractivity contribution in [1.29, 1.82) is 0 Å². The predicted molar refractivity (Wildman–Crippen MR) is 103 cm³/mol. The third-order valence-electron chi connectivity index (χ3n) is 4.01. The minimum Gasteiger partial charge on any atom is -0.377 e. The van der Waals surface area contributed by atoms with Crippen molar-refractivity contribution in [2.45, 2.75) is 26.4 Å². The van der Waals surface area contributed by atoms with Gasteiger partial charge in [-0.3, -0.25) is 0 Å². The summed E-state index contributed by atoms with van der Waals surface area (Å²) in [7, 11) is 1.77. The standard InChI is InChI=1S/C18H17BrClNOS/c1-4-14(22-3)15-10(2)9-13-17(23-18(19)21-13)16(15)11-5-7-12(20)8-6-11/h5-9,14H,4H2,1-3H3. The summed E-state index contributed by atoms with van der Waals surface area (Å²) >= 11 is 11.2. The van der Waals surface area contributed by atoms with Gasteiger partial charge in [-0.05, 0) is 64.2 Å². The zero-order valence-corrected chi connectivity index (χ0v) is 16.3. The quantitative estimate of drug-likeness (QED) is 0.472. The number of fused-ring (bicyclic) bond motifs is 1. The third-order valence-corrected chi connectivity index (χ3v) is 5.80. The molecule has 0 aliphatic rings. The van der Waals surface area contributed by atoms with Crippen molar-refractivity contribution in [2.75, 3.05) is 7.11 Å². The van der Waals surface area contributed by atoms with Gasteiger partial charge in [0.15, 0.2) is 3.92 Å². The van der Waals surface area contributed by atoms with Gasteiger partial charge in [0.25, 0.3) is 0 Å². The molecule has 3 rings (SSSR count). The summed E-state index contributed by atoms with van der Waals surface area (Å²) in [5.41, 5.74) is 5.80. The number of nitrogens with zero attached hydrogens (tertiary/aromatic N) is 1. The zero-order valence-electron chi connectivity index (χ0n) is 13.2. The molecule has 0 spiro atoms. The molecule has 0 amide bonds. The van der Waals surface area contributed by atoms with Crippen LogP contribution in [0.1, 0.15) is 30.6 Å². The summed E-state index contributed by atoms with van der Waals surface area (Å²) in [6.45, 7) is 4.27. The fourth-order valence-corrected chi connectivity index (χ4v) is 4.64. The van der Waals surface area contributed by atoms with Crippen molar-refractivity contribution in [3.63, 3.8) is 0 Å². The molecule has 0 radical (unpaired) electrons. The van der Waals surface area contributed by atoms with Crippen LogP contribution < -0.4 is 0 Å². The summed E-state index contributed by atoms with van der Waals surface area (Å²) in [6.07, 6.45) is 0.981. The Morgan fingerprint density at radius 3 is 2.61 bits per heavy atom. The molecule has 2 nitrogen and oxygen atoms in total. The van der Waals surface area contributed by atoms with E-state index in [1.807, 2.05) is 12.1 Å². The highest BCUT2D eigenvalue weighted by atomic mass is 79.9. The number of hydrogen-bond acceptors (Lipinski definition) is 3. The molecule has 0 saturated heterocycles. The molecule has 3 aromatic rings. The van der Waals surface area contributed by atoms with E-state index in [9.17, 15) is 0 Å². The van der Waals surface area contributed by atoms with E-state index in [0.717, 1.165) is 26.4 Å². The number of aryl methyl sites for hydroxylation is 1. The second kappa shape index (κ2) is 6.89. The fraction of sp³-hybridized carbons (Fsp3) is 0.278. The average molecular weight is 411 g/mol. The van der Waals surface area contributed by atoms with Gasteiger partial charge in [-0.2, -0.15) is 0 Å². The summed E-state index contributed by atoms with van der Waals surface area (Å²) in [5.74, 6) is 0. The molecule has 0 aliphatic carbocycles. The molecule has 1 atom stereocenters. The first kappa shape index (κ1) is 16.9. The number of halogens is 2. The highest BCUT2D eigenvalue weighted by Gasteiger charge is 2.21. The van der Waals surface area contributed by atoms with Gasteiger partial charge in [-0.1, -0.05) is 30.7 Å². The molecule has 0 saturated carbocycles. The molecule has 2 aromatic carbocycles. The number of methoxy groups -OCH3 is 1. The molecule has 5 heteroatoms. The number of benzene rings is 2. The van der Waals surface area contributed by atoms with Gasteiger partial charge >= 0.3 is 0 Å². The topological polar surface area (TPSA) is 22.1 Å². The number of hydrogen-bond donors (Lipinski definition) is 0. The van der Waals surface area contributed by atoms with Crippen LogP contribution in [0.4, 0.5) is 0 Å². The van der Waals surface area contributed by atoms with E-state index in [4.69, 9.17) is 16.3 Å². The maximum atomic E-state index is 6.07. The Bertz CT molecular complexity index is 840.